The summed E-state index contributed by atoms with van der Waals surface area (Å²) in [4.78, 5) is 28.8. The van der Waals surface area contributed by atoms with E-state index in [1.54, 1.807) is 60.7 Å². The number of hydrogen-bond donors (Lipinski definition) is 1. The molecule has 0 aliphatic heterocycles. The number of anilines is 1. The molecule has 3 aromatic rings. The van der Waals surface area contributed by atoms with Crippen molar-refractivity contribution in [2.24, 2.45) is 0 Å². The number of aryl methyl sites for hydroxylation is 1. The molecule has 0 saturated heterocycles. The fourth-order valence-corrected chi connectivity index (χ4v) is 5.76. The molecular formula is C30H36ClN3O4S. The zero-order chi connectivity index (χ0) is 28.6. The van der Waals surface area contributed by atoms with E-state index < -0.39 is 28.5 Å². The van der Waals surface area contributed by atoms with Crippen LogP contribution in [-0.4, -0.2) is 43.8 Å². The standard InChI is InChI=1S/C30H36ClN3O4S/c1-5-23(4)32-30(36)28(6-2)33(20-24-12-10-11-15-27(24)31)29(35)21-34(25-18-16-22(3)17-19-25)39(37,38)26-13-8-7-9-14-26/h7-19,23,28H,5-6,20-21H2,1-4H3,(H,32,36)/t23-,28-/m0/s1. The smallest absolute Gasteiger partial charge is 0.264 e. The first-order valence-corrected chi connectivity index (χ1v) is 14.9. The molecule has 0 fully saturated rings. The van der Waals surface area contributed by atoms with Crippen molar-refractivity contribution in [3.05, 3.63) is 95.0 Å². The quantitative estimate of drug-likeness (QED) is 0.309. The average Bonchev–Trinajstić information content (AvgIpc) is 2.93. The number of hydrogen-bond acceptors (Lipinski definition) is 4. The van der Waals surface area contributed by atoms with Gasteiger partial charge >= 0.3 is 0 Å². The fraction of sp³-hybridized carbons (Fsp3) is 0.333. The van der Waals surface area contributed by atoms with E-state index in [1.165, 1.54) is 17.0 Å². The molecule has 0 bridgehead atoms. The number of carbonyl (C=O) groups is 2. The number of sulfonamides is 1. The molecule has 0 spiro atoms. The van der Waals surface area contributed by atoms with Crippen molar-refractivity contribution in [3.63, 3.8) is 0 Å². The molecule has 0 saturated carbocycles. The van der Waals surface area contributed by atoms with Crippen LogP contribution in [0, 0.1) is 6.92 Å². The maximum atomic E-state index is 14.0. The predicted octanol–water partition coefficient (Wildman–Crippen LogP) is 5.57. The summed E-state index contributed by atoms with van der Waals surface area (Å²) in [7, 11) is -4.09. The van der Waals surface area contributed by atoms with Crippen molar-refractivity contribution in [2.75, 3.05) is 10.8 Å². The summed E-state index contributed by atoms with van der Waals surface area (Å²) in [5, 5.41) is 3.42. The van der Waals surface area contributed by atoms with Gasteiger partial charge in [-0.1, -0.05) is 79.5 Å². The third-order valence-corrected chi connectivity index (χ3v) is 8.77. The number of halogens is 1. The molecule has 1 N–H and O–H groups in total. The maximum absolute atomic E-state index is 14.0. The van der Waals surface area contributed by atoms with E-state index in [9.17, 15) is 18.0 Å². The number of nitrogens with one attached hydrogen (secondary N) is 1. The molecule has 0 radical (unpaired) electrons. The highest BCUT2D eigenvalue weighted by atomic mass is 35.5. The number of benzene rings is 3. The van der Waals surface area contributed by atoms with E-state index in [0.717, 1.165) is 16.3 Å². The highest BCUT2D eigenvalue weighted by Crippen LogP contribution is 2.26. The van der Waals surface area contributed by atoms with Gasteiger partial charge < -0.3 is 10.2 Å². The maximum Gasteiger partial charge on any atom is 0.264 e. The normalized spacial score (nSPS) is 12.8. The summed E-state index contributed by atoms with van der Waals surface area (Å²) in [6.45, 7) is 7.16. The minimum atomic E-state index is -4.09. The summed E-state index contributed by atoms with van der Waals surface area (Å²) in [5.41, 5.74) is 1.97. The molecule has 0 heterocycles. The molecule has 2 atom stereocenters. The zero-order valence-corrected chi connectivity index (χ0v) is 24.4. The molecule has 3 rings (SSSR count). The Labute approximate surface area is 236 Å². The van der Waals surface area contributed by atoms with Crippen LogP contribution in [0.15, 0.2) is 83.8 Å². The van der Waals surface area contributed by atoms with Crippen molar-refractivity contribution in [1.29, 1.82) is 0 Å². The van der Waals surface area contributed by atoms with E-state index in [0.29, 0.717) is 22.7 Å². The Morgan fingerprint density at radius 2 is 1.51 bits per heavy atom. The summed E-state index contributed by atoms with van der Waals surface area (Å²) < 4.78 is 28.7. The Morgan fingerprint density at radius 3 is 2.10 bits per heavy atom. The molecule has 0 aliphatic carbocycles. The van der Waals surface area contributed by atoms with Crippen molar-refractivity contribution in [3.8, 4) is 0 Å². The first-order valence-electron chi connectivity index (χ1n) is 13.1. The van der Waals surface area contributed by atoms with E-state index in [4.69, 9.17) is 11.6 Å². The average molecular weight is 570 g/mol. The Morgan fingerprint density at radius 1 is 0.897 bits per heavy atom. The molecule has 0 aromatic heterocycles. The van der Waals surface area contributed by atoms with Gasteiger partial charge in [-0.2, -0.15) is 0 Å². The van der Waals surface area contributed by atoms with Gasteiger partial charge in [-0.05, 0) is 62.6 Å². The van der Waals surface area contributed by atoms with Gasteiger partial charge in [0.05, 0.1) is 10.6 Å². The first kappa shape index (κ1) is 30.2. The molecule has 208 valence electrons. The summed E-state index contributed by atoms with van der Waals surface area (Å²) in [6.07, 6.45) is 1.07. The summed E-state index contributed by atoms with van der Waals surface area (Å²) in [6, 6.07) is 21.2. The lowest BCUT2D eigenvalue weighted by Gasteiger charge is -2.34. The zero-order valence-electron chi connectivity index (χ0n) is 22.8. The Bertz CT molecular complexity index is 1360. The Hall–Kier alpha value is -3.36. The number of rotatable bonds is 12. The van der Waals surface area contributed by atoms with E-state index >= 15 is 0 Å². The highest BCUT2D eigenvalue weighted by Gasteiger charge is 2.34. The lowest BCUT2D eigenvalue weighted by Crippen LogP contribution is -2.53. The Kier molecular flexibility index (Phi) is 10.5. The molecule has 9 heteroatoms. The minimum absolute atomic E-state index is 0.0536. The molecule has 0 unspecified atom stereocenters. The van der Waals surface area contributed by atoms with Gasteiger partial charge in [-0.3, -0.25) is 13.9 Å². The highest BCUT2D eigenvalue weighted by molar-refractivity contribution is 7.92. The van der Waals surface area contributed by atoms with E-state index in [1.807, 2.05) is 33.8 Å². The van der Waals surface area contributed by atoms with Crippen LogP contribution in [0.1, 0.15) is 44.7 Å². The fourth-order valence-electron chi connectivity index (χ4n) is 4.13. The number of nitrogens with zero attached hydrogens (tertiary/aromatic N) is 2. The van der Waals surface area contributed by atoms with Crippen molar-refractivity contribution in [2.45, 2.75) is 64.1 Å². The van der Waals surface area contributed by atoms with Gasteiger partial charge in [0, 0.05) is 17.6 Å². The molecular weight excluding hydrogens is 534 g/mol. The molecule has 7 nitrogen and oxygen atoms in total. The van der Waals surface area contributed by atoms with Gasteiger partial charge in [0.1, 0.15) is 12.6 Å². The summed E-state index contributed by atoms with van der Waals surface area (Å²) in [5.74, 6) is -0.804. The number of carbonyl (C=O) groups excluding carboxylic acids is 2. The van der Waals surface area contributed by atoms with Crippen molar-refractivity contribution >= 4 is 39.1 Å². The van der Waals surface area contributed by atoms with E-state index in [2.05, 4.69) is 5.32 Å². The second kappa shape index (κ2) is 13.6. The topological polar surface area (TPSA) is 86.8 Å². The molecule has 3 aromatic carbocycles. The van der Waals surface area contributed by atoms with Gasteiger partial charge in [-0.15, -0.1) is 0 Å². The van der Waals surface area contributed by atoms with Crippen LogP contribution in [0.5, 0.6) is 0 Å². The van der Waals surface area contributed by atoms with Gasteiger partial charge in [-0.25, -0.2) is 8.42 Å². The Balaban J connectivity index is 2.05. The van der Waals surface area contributed by atoms with Crippen LogP contribution < -0.4 is 9.62 Å². The van der Waals surface area contributed by atoms with Crippen LogP contribution in [0.2, 0.25) is 5.02 Å². The minimum Gasteiger partial charge on any atom is -0.352 e. The van der Waals surface area contributed by atoms with Crippen LogP contribution >= 0.6 is 11.6 Å². The SMILES string of the molecule is CC[C@H](C)NC(=O)[C@H](CC)N(Cc1ccccc1Cl)C(=O)CN(c1ccc(C)cc1)S(=O)(=O)c1ccccc1. The van der Waals surface area contributed by atoms with E-state index in [-0.39, 0.29) is 23.4 Å². The molecule has 2 amide bonds. The third-order valence-electron chi connectivity index (χ3n) is 6.62. The van der Waals surface area contributed by atoms with Gasteiger partial charge in [0.15, 0.2) is 0 Å². The monoisotopic (exact) mass is 569 g/mol. The lowest BCUT2D eigenvalue weighted by atomic mass is 10.1. The second-order valence-corrected chi connectivity index (χ2v) is 11.8. The summed E-state index contributed by atoms with van der Waals surface area (Å²) >= 11 is 6.43. The third kappa shape index (κ3) is 7.61. The molecule has 39 heavy (non-hydrogen) atoms. The van der Waals surface area contributed by atoms with Crippen LogP contribution in [0.3, 0.4) is 0 Å². The van der Waals surface area contributed by atoms with Gasteiger partial charge in [0.2, 0.25) is 11.8 Å². The van der Waals surface area contributed by atoms with Crippen LogP contribution in [0.25, 0.3) is 0 Å². The predicted molar refractivity (Wildman–Crippen MR) is 156 cm³/mol. The first-order chi connectivity index (χ1) is 18.6. The van der Waals surface area contributed by atoms with Crippen LogP contribution in [-0.2, 0) is 26.2 Å². The second-order valence-electron chi connectivity index (χ2n) is 9.52. The lowest BCUT2D eigenvalue weighted by molar-refractivity contribution is -0.140. The van der Waals surface area contributed by atoms with Crippen LogP contribution in [0.4, 0.5) is 5.69 Å². The van der Waals surface area contributed by atoms with Crippen molar-refractivity contribution < 1.29 is 18.0 Å². The largest absolute Gasteiger partial charge is 0.352 e. The van der Waals surface area contributed by atoms with Crippen molar-refractivity contribution in [1.82, 2.24) is 10.2 Å². The number of amides is 2. The van der Waals surface area contributed by atoms with Gasteiger partial charge in [0.25, 0.3) is 10.0 Å². The molecule has 0 aliphatic rings.